The Kier molecular flexibility index (Phi) is 3.49. The minimum absolute atomic E-state index is 0.357. The zero-order valence-corrected chi connectivity index (χ0v) is 13.3. The number of nitrogens with one attached hydrogen (secondary N) is 3. The number of aryl methyl sites for hydroxylation is 1. The van der Waals surface area contributed by atoms with E-state index in [4.69, 9.17) is 4.52 Å². The topological polar surface area (TPSA) is 91.7 Å². The van der Waals surface area contributed by atoms with Gasteiger partial charge in [0, 0.05) is 37.3 Å². The lowest BCUT2D eigenvalue weighted by atomic mass is 9.94. The van der Waals surface area contributed by atoms with Crippen LogP contribution >= 0.6 is 0 Å². The number of aromatic nitrogens is 4. The van der Waals surface area contributed by atoms with E-state index in [2.05, 4.69) is 37.7 Å². The lowest BCUT2D eigenvalue weighted by Crippen LogP contribution is -2.44. The Morgan fingerprint density at radius 2 is 2.30 bits per heavy atom. The summed E-state index contributed by atoms with van der Waals surface area (Å²) in [7, 11) is 0. The van der Waals surface area contributed by atoms with Crippen LogP contribution < -0.4 is 10.6 Å². The van der Waals surface area contributed by atoms with Crippen molar-refractivity contribution in [2.24, 2.45) is 5.92 Å². The SMILES string of the molecule is Cc1nc(-c2cnc3[nH]ccc3c2NC2CNCCC2C)no1. The van der Waals surface area contributed by atoms with Gasteiger partial charge in [0.1, 0.15) is 5.65 Å². The van der Waals surface area contributed by atoms with E-state index in [0.29, 0.717) is 23.7 Å². The molecule has 4 rings (SSSR count). The maximum atomic E-state index is 5.14. The Balaban J connectivity index is 1.80. The van der Waals surface area contributed by atoms with Gasteiger partial charge >= 0.3 is 0 Å². The molecule has 0 radical (unpaired) electrons. The van der Waals surface area contributed by atoms with E-state index in [9.17, 15) is 0 Å². The minimum atomic E-state index is 0.357. The summed E-state index contributed by atoms with van der Waals surface area (Å²) in [5.74, 6) is 1.71. The molecule has 3 N–H and O–H groups in total. The van der Waals surface area contributed by atoms with Gasteiger partial charge < -0.3 is 20.1 Å². The Bertz CT molecular complexity index is 823. The van der Waals surface area contributed by atoms with Crippen molar-refractivity contribution in [3.63, 3.8) is 0 Å². The van der Waals surface area contributed by atoms with E-state index in [1.54, 1.807) is 13.1 Å². The summed E-state index contributed by atoms with van der Waals surface area (Å²) in [5.41, 5.74) is 2.73. The van der Waals surface area contributed by atoms with Gasteiger partial charge in [0.2, 0.25) is 11.7 Å². The smallest absolute Gasteiger partial charge is 0.223 e. The Hall–Kier alpha value is -2.41. The average molecular weight is 312 g/mol. The van der Waals surface area contributed by atoms with Crippen molar-refractivity contribution in [1.29, 1.82) is 0 Å². The predicted molar refractivity (Wildman–Crippen MR) is 88.2 cm³/mol. The van der Waals surface area contributed by atoms with E-state index in [1.165, 1.54) is 0 Å². The second-order valence-corrected chi connectivity index (χ2v) is 6.14. The van der Waals surface area contributed by atoms with Crippen molar-refractivity contribution in [1.82, 2.24) is 25.4 Å². The molecule has 3 aromatic rings. The summed E-state index contributed by atoms with van der Waals surface area (Å²) in [6.07, 6.45) is 4.86. The van der Waals surface area contributed by atoms with Crippen LogP contribution in [0.3, 0.4) is 0 Å². The lowest BCUT2D eigenvalue weighted by molar-refractivity contribution is 0.367. The molecule has 1 aliphatic rings. The number of pyridine rings is 1. The molecule has 2 unspecified atom stereocenters. The van der Waals surface area contributed by atoms with Crippen LogP contribution in [-0.2, 0) is 0 Å². The summed E-state index contributed by atoms with van der Waals surface area (Å²) in [4.78, 5) is 12.0. The number of anilines is 1. The van der Waals surface area contributed by atoms with E-state index in [1.807, 2.05) is 12.3 Å². The fraction of sp³-hybridized carbons (Fsp3) is 0.438. The molecule has 1 fully saturated rings. The molecule has 0 aliphatic carbocycles. The maximum absolute atomic E-state index is 5.14. The van der Waals surface area contributed by atoms with Crippen molar-refractivity contribution < 1.29 is 4.52 Å². The van der Waals surface area contributed by atoms with Crippen molar-refractivity contribution in [2.75, 3.05) is 18.4 Å². The number of piperidine rings is 1. The third kappa shape index (κ3) is 2.57. The molecule has 0 saturated carbocycles. The van der Waals surface area contributed by atoms with Crippen molar-refractivity contribution in [2.45, 2.75) is 26.3 Å². The molecule has 0 amide bonds. The molecule has 2 atom stereocenters. The number of nitrogens with zero attached hydrogens (tertiary/aromatic N) is 3. The fourth-order valence-electron chi connectivity index (χ4n) is 3.11. The Morgan fingerprint density at radius 3 is 3.09 bits per heavy atom. The number of fused-ring (bicyclic) bond motifs is 1. The van der Waals surface area contributed by atoms with Gasteiger partial charge in [0.15, 0.2) is 0 Å². The monoisotopic (exact) mass is 312 g/mol. The lowest BCUT2D eigenvalue weighted by Gasteiger charge is -2.31. The molecule has 7 heteroatoms. The van der Waals surface area contributed by atoms with Gasteiger partial charge in [-0.3, -0.25) is 0 Å². The van der Waals surface area contributed by atoms with Crippen LogP contribution in [0.4, 0.5) is 5.69 Å². The van der Waals surface area contributed by atoms with Gasteiger partial charge in [0.25, 0.3) is 0 Å². The molecular weight excluding hydrogens is 292 g/mol. The molecule has 0 spiro atoms. The molecule has 23 heavy (non-hydrogen) atoms. The summed E-state index contributed by atoms with van der Waals surface area (Å²) in [6.45, 7) is 6.09. The molecule has 0 aromatic carbocycles. The number of hydrogen-bond donors (Lipinski definition) is 3. The van der Waals surface area contributed by atoms with Crippen molar-refractivity contribution >= 4 is 16.7 Å². The molecule has 4 heterocycles. The second-order valence-electron chi connectivity index (χ2n) is 6.14. The van der Waals surface area contributed by atoms with Crippen LogP contribution in [0.1, 0.15) is 19.2 Å². The molecular formula is C16H20N6O. The van der Waals surface area contributed by atoms with Gasteiger partial charge in [0.05, 0.1) is 11.3 Å². The zero-order valence-electron chi connectivity index (χ0n) is 13.3. The molecule has 3 aromatic heterocycles. The largest absolute Gasteiger partial charge is 0.380 e. The van der Waals surface area contributed by atoms with Gasteiger partial charge in [-0.05, 0) is 24.9 Å². The first kappa shape index (κ1) is 14.2. The summed E-state index contributed by atoms with van der Waals surface area (Å²) in [6, 6.07) is 2.39. The van der Waals surface area contributed by atoms with E-state index < -0.39 is 0 Å². The number of hydrogen-bond acceptors (Lipinski definition) is 6. The van der Waals surface area contributed by atoms with Crippen LogP contribution in [0.5, 0.6) is 0 Å². The zero-order chi connectivity index (χ0) is 15.8. The first-order valence-electron chi connectivity index (χ1n) is 7.96. The average Bonchev–Trinajstić information content (AvgIpc) is 3.18. The Morgan fingerprint density at radius 1 is 1.39 bits per heavy atom. The summed E-state index contributed by atoms with van der Waals surface area (Å²) < 4.78 is 5.14. The predicted octanol–water partition coefficient (Wildman–Crippen LogP) is 2.33. The first-order chi connectivity index (χ1) is 11.2. The molecule has 1 saturated heterocycles. The quantitative estimate of drug-likeness (QED) is 0.687. The van der Waals surface area contributed by atoms with Gasteiger partial charge in [-0.15, -0.1) is 0 Å². The van der Waals surface area contributed by atoms with Crippen LogP contribution in [0.15, 0.2) is 23.0 Å². The first-order valence-corrected chi connectivity index (χ1v) is 7.96. The highest BCUT2D eigenvalue weighted by atomic mass is 16.5. The van der Waals surface area contributed by atoms with E-state index >= 15 is 0 Å². The molecule has 1 aliphatic heterocycles. The van der Waals surface area contributed by atoms with Gasteiger partial charge in [-0.2, -0.15) is 4.98 Å². The molecule has 7 nitrogen and oxygen atoms in total. The van der Waals surface area contributed by atoms with E-state index in [-0.39, 0.29) is 0 Å². The third-order valence-corrected chi connectivity index (χ3v) is 4.51. The van der Waals surface area contributed by atoms with Crippen LogP contribution in [-0.4, -0.2) is 39.2 Å². The Labute approximate surface area is 133 Å². The van der Waals surface area contributed by atoms with Crippen LogP contribution in [0, 0.1) is 12.8 Å². The summed E-state index contributed by atoms with van der Waals surface area (Å²) >= 11 is 0. The van der Waals surface area contributed by atoms with Gasteiger partial charge in [-0.25, -0.2) is 4.98 Å². The highest BCUT2D eigenvalue weighted by molar-refractivity contribution is 5.97. The highest BCUT2D eigenvalue weighted by Gasteiger charge is 2.24. The highest BCUT2D eigenvalue weighted by Crippen LogP contribution is 2.33. The maximum Gasteiger partial charge on any atom is 0.223 e. The fourth-order valence-corrected chi connectivity index (χ4v) is 3.11. The van der Waals surface area contributed by atoms with Crippen LogP contribution in [0.25, 0.3) is 22.4 Å². The van der Waals surface area contributed by atoms with Gasteiger partial charge in [-0.1, -0.05) is 12.1 Å². The minimum Gasteiger partial charge on any atom is -0.380 e. The summed E-state index contributed by atoms with van der Waals surface area (Å²) in [5, 5.41) is 12.2. The molecule has 0 bridgehead atoms. The number of aromatic amines is 1. The number of H-pyrrole nitrogens is 1. The van der Waals surface area contributed by atoms with E-state index in [0.717, 1.165) is 41.8 Å². The van der Waals surface area contributed by atoms with Crippen molar-refractivity contribution in [3.05, 3.63) is 24.4 Å². The number of rotatable bonds is 3. The standard InChI is InChI=1S/C16H20N6O/c1-9-3-5-17-8-13(9)21-14-11-4-6-18-15(11)19-7-12(14)16-20-10(2)23-22-16/h4,6-7,9,13,17H,3,5,8H2,1-2H3,(H2,18,19,21). The third-order valence-electron chi connectivity index (χ3n) is 4.51. The van der Waals surface area contributed by atoms with Crippen molar-refractivity contribution in [3.8, 4) is 11.4 Å². The molecule has 120 valence electrons. The van der Waals surface area contributed by atoms with Crippen LogP contribution in [0.2, 0.25) is 0 Å². The second kappa shape index (κ2) is 5.66. The normalized spacial score (nSPS) is 21.7.